The van der Waals surface area contributed by atoms with Crippen LogP contribution in [-0.2, 0) is 0 Å². The summed E-state index contributed by atoms with van der Waals surface area (Å²) in [5.74, 6) is 0. The zero-order chi connectivity index (χ0) is 10.6. The zero-order valence-electron chi connectivity index (χ0n) is 9.18. The lowest BCUT2D eigenvalue weighted by molar-refractivity contribution is 0.208. The predicted octanol–water partition coefficient (Wildman–Crippen LogP) is 0.777. The summed E-state index contributed by atoms with van der Waals surface area (Å²) in [5.41, 5.74) is 5.86. The second-order valence-electron chi connectivity index (χ2n) is 4.21. The third-order valence-corrected chi connectivity index (χ3v) is 3.07. The molecule has 0 heterocycles. The molecular weight excluding hydrogens is 178 g/mol. The fourth-order valence-electron chi connectivity index (χ4n) is 1.54. The van der Waals surface area contributed by atoms with E-state index in [1.807, 2.05) is 6.92 Å². The van der Waals surface area contributed by atoms with Gasteiger partial charge in [-0.05, 0) is 38.1 Å². The van der Waals surface area contributed by atoms with Crippen molar-refractivity contribution in [2.75, 3.05) is 26.7 Å². The minimum Gasteiger partial charge on any atom is -0.337 e. The van der Waals surface area contributed by atoms with Gasteiger partial charge in [0.1, 0.15) is 0 Å². The van der Waals surface area contributed by atoms with Crippen molar-refractivity contribution < 1.29 is 4.79 Å². The molecule has 0 aromatic carbocycles. The molecule has 3 N–H and O–H groups in total. The summed E-state index contributed by atoms with van der Waals surface area (Å²) in [6.07, 6.45) is 3.45. The minimum atomic E-state index is 0.0239. The van der Waals surface area contributed by atoms with Gasteiger partial charge >= 0.3 is 6.03 Å². The molecule has 0 aromatic heterocycles. The van der Waals surface area contributed by atoms with E-state index in [0.29, 0.717) is 5.41 Å². The summed E-state index contributed by atoms with van der Waals surface area (Å²) in [4.78, 5) is 13.1. The van der Waals surface area contributed by atoms with Crippen LogP contribution in [0.5, 0.6) is 0 Å². The number of nitrogens with two attached hydrogens (primary N) is 1. The van der Waals surface area contributed by atoms with Crippen LogP contribution in [0.25, 0.3) is 0 Å². The highest BCUT2D eigenvalue weighted by Crippen LogP contribution is 2.47. The fraction of sp³-hybridized carbons (Fsp3) is 0.900. The molecule has 14 heavy (non-hydrogen) atoms. The maximum atomic E-state index is 11.4. The number of nitrogens with one attached hydrogen (secondary N) is 1. The van der Waals surface area contributed by atoms with E-state index in [-0.39, 0.29) is 6.03 Å². The molecular formula is C10H21N3O. The number of hydrogen-bond donors (Lipinski definition) is 2. The first-order valence-corrected chi connectivity index (χ1v) is 5.32. The monoisotopic (exact) mass is 199 g/mol. The highest BCUT2D eigenvalue weighted by Gasteiger charge is 2.41. The lowest BCUT2D eigenvalue weighted by atomic mass is 10.0. The lowest BCUT2D eigenvalue weighted by Gasteiger charge is -2.19. The molecule has 1 aliphatic carbocycles. The van der Waals surface area contributed by atoms with Crippen molar-refractivity contribution in [2.24, 2.45) is 11.1 Å². The van der Waals surface area contributed by atoms with Crippen molar-refractivity contribution in [1.29, 1.82) is 0 Å². The summed E-state index contributed by atoms with van der Waals surface area (Å²) in [6.45, 7) is 4.22. The van der Waals surface area contributed by atoms with Crippen molar-refractivity contribution >= 4 is 6.03 Å². The minimum absolute atomic E-state index is 0.0239. The molecule has 4 nitrogen and oxygen atoms in total. The summed E-state index contributed by atoms with van der Waals surface area (Å²) >= 11 is 0. The molecule has 0 bridgehead atoms. The number of nitrogens with zero attached hydrogens (tertiary/aromatic N) is 1. The van der Waals surface area contributed by atoms with Gasteiger partial charge in [-0.25, -0.2) is 4.79 Å². The SMILES string of the molecule is CCN(C)C(=O)NCC1(CCN)CC1. The van der Waals surface area contributed by atoms with E-state index < -0.39 is 0 Å². The van der Waals surface area contributed by atoms with E-state index in [9.17, 15) is 4.79 Å². The van der Waals surface area contributed by atoms with Crippen LogP contribution >= 0.6 is 0 Å². The van der Waals surface area contributed by atoms with Gasteiger partial charge in [0.05, 0.1) is 0 Å². The van der Waals surface area contributed by atoms with Crippen LogP contribution in [0.4, 0.5) is 4.79 Å². The van der Waals surface area contributed by atoms with Gasteiger partial charge in [0.2, 0.25) is 0 Å². The first-order chi connectivity index (χ1) is 6.63. The Labute approximate surface area is 85.8 Å². The molecule has 1 rings (SSSR count). The van der Waals surface area contributed by atoms with E-state index in [0.717, 1.165) is 26.1 Å². The Hall–Kier alpha value is -0.770. The second-order valence-corrected chi connectivity index (χ2v) is 4.21. The van der Waals surface area contributed by atoms with Gasteiger partial charge in [-0.15, -0.1) is 0 Å². The fourth-order valence-corrected chi connectivity index (χ4v) is 1.54. The number of hydrogen-bond acceptors (Lipinski definition) is 2. The summed E-state index contributed by atoms with van der Waals surface area (Å²) < 4.78 is 0. The number of amides is 2. The Morgan fingerprint density at radius 3 is 2.64 bits per heavy atom. The van der Waals surface area contributed by atoms with Crippen molar-refractivity contribution in [3.63, 3.8) is 0 Å². The van der Waals surface area contributed by atoms with E-state index in [2.05, 4.69) is 5.32 Å². The van der Waals surface area contributed by atoms with E-state index >= 15 is 0 Å². The molecule has 0 aliphatic heterocycles. The summed E-state index contributed by atoms with van der Waals surface area (Å²) in [6, 6.07) is 0.0239. The third kappa shape index (κ3) is 2.87. The van der Waals surface area contributed by atoms with E-state index in [4.69, 9.17) is 5.73 Å². The van der Waals surface area contributed by atoms with Crippen LogP contribution in [0.15, 0.2) is 0 Å². The lowest BCUT2D eigenvalue weighted by Crippen LogP contribution is -2.40. The maximum Gasteiger partial charge on any atom is 0.317 e. The predicted molar refractivity (Wildman–Crippen MR) is 57.0 cm³/mol. The Bertz CT molecular complexity index is 202. The zero-order valence-corrected chi connectivity index (χ0v) is 9.18. The normalized spacial score (nSPS) is 17.6. The Kier molecular flexibility index (Phi) is 3.75. The van der Waals surface area contributed by atoms with Gasteiger partial charge < -0.3 is 16.0 Å². The standard InChI is InChI=1S/C10H21N3O/c1-3-13(2)9(14)12-8-10(4-5-10)6-7-11/h3-8,11H2,1-2H3,(H,12,14). The van der Waals surface area contributed by atoms with Gasteiger partial charge in [-0.3, -0.25) is 0 Å². The largest absolute Gasteiger partial charge is 0.337 e. The van der Waals surface area contributed by atoms with Crippen molar-refractivity contribution in [1.82, 2.24) is 10.2 Å². The Balaban J connectivity index is 2.23. The number of urea groups is 1. The molecule has 0 unspecified atom stereocenters. The van der Waals surface area contributed by atoms with Gasteiger partial charge in [0.15, 0.2) is 0 Å². The van der Waals surface area contributed by atoms with Crippen molar-refractivity contribution in [2.45, 2.75) is 26.2 Å². The van der Waals surface area contributed by atoms with Gasteiger partial charge in [0, 0.05) is 20.1 Å². The van der Waals surface area contributed by atoms with Crippen LogP contribution in [0, 0.1) is 5.41 Å². The first kappa shape index (κ1) is 11.3. The average molecular weight is 199 g/mol. The Morgan fingerprint density at radius 2 is 2.21 bits per heavy atom. The molecule has 1 aliphatic rings. The van der Waals surface area contributed by atoms with Crippen LogP contribution in [0.2, 0.25) is 0 Å². The second kappa shape index (κ2) is 4.64. The van der Waals surface area contributed by atoms with Crippen LogP contribution < -0.4 is 11.1 Å². The van der Waals surface area contributed by atoms with Crippen molar-refractivity contribution in [3.8, 4) is 0 Å². The molecule has 82 valence electrons. The number of rotatable bonds is 5. The third-order valence-electron chi connectivity index (χ3n) is 3.07. The number of carbonyl (C=O) groups is 1. The summed E-state index contributed by atoms with van der Waals surface area (Å²) in [7, 11) is 1.80. The number of carbonyl (C=O) groups excluding carboxylic acids is 1. The molecule has 0 radical (unpaired) electrons. The Morgan fingerprint density at radius 1 is 1.57 bits per heavy atom. The van der Waals surface area contributed by atoms with Crippen LogP contribution in [0.1, 0.15) is 26.2 Å². The molecule has 0 saturated heterocycles. The quantitative estimate of drug-likeness (QED) is 0.687. The van der Waals surface area contributed by atoms with Crippen LogP contribution in [0.3, 0.4) is 0 Å². The van der Waals surface area contributed by atoms with E-state index in [1.54, 1.807) is 11.9 Å². The molecule has 2 amide bonds. The van der Waals surface area contributed by atoms with Gasteiger partial charge in [0.25, 0.3) is 0 Å². The van der Waals surface area contributed by atoms with Crippen molar-refractivity contribution in [3.05, 3.63) is 0 Å². The van der Waals surface area contributed by atoms with Gasteiger partial charge in [-0.2, -0.15) is 0 Å². The molecule has 0 atom stereocenters. The van der Waals surface area contributed by atoms with E-state index in [1.165, 1.54) is 12.8 Å². The van der Waals surface area contributed by atoms with Gasteiger partial charge in [-0.1, -0.05) is 0 Å². The molecule has 0 aromatic rings. The highest BCUT2D eigenvalue weighted by atomic mass is 16.2. The molecule has 1 fully saturated rings. The van der Waals surface area contributed by atoms with Crippen LogP contribution in [-0.4, -0.2) is 37.6 Å². The topological polar surface area (TPSA) is 58.4 Å². The molecule has 4 heteroatoms. The smallest absolute Gasteiger partial charge is 0.317 e. The average Bonchev–Trinajstić information content (AvgIpc) is 2.94. The summed E-state index contributed by atoms with van der Waals surface area (Å²) in [5, 5.41) is 2.95. The highest BCUT2D eigenvalue weighted by molar-refractivity contribution is 5.73. The molecule has 0 spiro atoms. The molecule has 1 saturated carbocycles. The first-order valence-electron chi connectivity index (χ1n) is 5.32. The maximum absolute atomic E-state index is 11.4.